The average molecular weight is 280 g/mol. The zero-order valence-electron chi connectivity index (χ0n) is 11.1. The highest BCUT2D eigenvalue weighted by Gasteiger charge is 2.34. The maximum absolute atomic E-state index is 11.9. The Morgan fingerprint density at radius 1 is 1.15 bits per heavy atom. The van der Waals surface area contributed by atoms with Crippen molar-refractivity contribution in [1.82, 2.24) is 0 Å². The molecule has 106 valence electrons. The molecule has 0 bridgehead atoms. The number of hydrogen-bond acceptors (Lipinski definition) is 7. The summed E-state index contributed by atoms with van der Waals surface area (Å²) < 4.78 is 19.2. The van der Waals surface area contributed by atoms with Gasteiger partial charge in [0.2, 0.25) is 0 Å². The van der Waals surface area contributed by atoms with E-state index in [2.05, 4.69) is 9.47 Å². The number of hydrogen-bond donors (Lipinski definition) is 0. The van der Waals surface area contributed by atoms with Gasteiger partial charge in [0, 0.05) is 5.56 Å². The number of ether oxygens (including phenoxy) is 4. The monoisotopic (exact) mass is 280 g/mol. The summed E-state index contributed by atoms with van der Waals surface area (Å²) in [6.07, 6.45) is 0. The molecule has 1 aromatic carbocycles. The van der Waals surface area contributed by atoms with E-state index in [1.54, 1.807) is 0 Å². The van der Waals surface area contributed by atoms with Gasteiger partial charge >= 0.3 is 17.9 Å². The van der Waals surface area contributed by atoms with Crippen LogP contribution >= 0.6 is 0 Å². The maximum atomic E-state index is 11.9. The molecule has 0 aliphatic carbocycles. The van der Waals surface area contributed by atoms with E-state index in [9.17, 15) is 14.4 Å². The van der Waals surface area contributed by atoms with Crippen molar-refractivity contribution in [2.45, 2.75) is 6.61 Å². The first-order valence-corrected chi connectivity index (χ1v) is 5.62. The van der Waals surface area contributed by atoms with Crippen molar-refractivity contribution in [3.63, 3.8) is 0 Å². The molecule has 1 heterocycles. The van der Waals surface area contributed by atoms with Crippen molar-refractivity contribution >= 4 is 17.9 Å². The maximum Gasteiger partial charge on any atom is 0.342 e. The summed E-state index contributed by atoms with van der Waals surface area (Å²) in [5.41, 5.74) is 0.396. The van der Waals surface area contributed by atoms with E-state index in [4.69, 9.17) is 9.47 Å². The first kappa shape index (κ1) is 13.9. The van der Waals surface area contributed by atoms with Crippen LogP contribution in [0.25, 0.3) is 0 Å². The third kappa shape index (κ3) is 1.97. The molecule has 0 saturated carbocycles. The molecule has 1 aromatic rings. The van der Waals surface area contributed by atoms with Gasteiger partial charge in [0.1, 0.15) is 23.5 Å². The van der Waals surface area contributed by atoms with Gasteiger partial charge in [0.25, 0.3) is 0 Å². The third-order valence-electron chi connectivity index (χ3n) is 2.92. The van der Waals surface area contributed by atoms with Crippen molar-refractivity contribution < 1.29 is 33.3 Å². The molecule has 1 aliphatic rings. The Labute approximate surface area is 114 Å². The molecule has 0 amide bonds. The fourth-order valence-electron chi connectivity index (χ4n) is 2.04. The second kappa shape index (κ2) is 5.20. The highest BCUT2D eigenvalue weighted by molar-refractivity contribution is 6.09. The fraction of sp³-hybridized carbons (Fsp3) is 0.308. The number of rotatable bonds is 3. The van der Waals surface area contributed by atoms with Gasteiger partial charge in [-0.1, -0.05) is 0 Å². The number of carbonyl (C=O) groups is 3. The predicted molar refractivity (Wildman–Crippen MR) is 64.8 cm³/mol. The summed E-state index contributed by atoms with van der Waals surface area (Å²) in [7, 11) is 3.63. The Morgan fingerprint density at radius 3 is 2.35 bits per heavy atom. The quantitative estimate of drug-likeness (QED) is 0.601. The van der Waals surface area contributed by atoms with Gasteiger partial charge in [-0.3, -0.25) is 0 Å². The van der Waals surface area contributed by atoms with Crippen molar-refractivity contribution in [3.05, 3.63) is 28.3 Å². The number of benzene rings is 1. The van der Waals surface area contributed by atoms with Crippen LogP contribution in [-0.2, 0) is 20.8 Å². The van der Waals surface area contributed by atoms with Crippen LogP contribution < -0.4 is 4.74 Å². The summed E-state index contributed by atoms with van der Waals surface area (Å²) in [5, 5.41) is 0. The van der Waals surface area contributed by atoms with Crippen LogP contribution in [0, 0.1) is 0 Å². The largest absolute Gasteiger partial charge is 0.495 e. The molecule has 0 radical (unpaired) electrons. The lowest BCUT2D eigenvalue weighted by Crippen LogP contribution is -2.16. The summed E-state index contributed by atoms with van der Waals surface area (Å²) in [4.78, 5) is 35.4. The topological polar surface area (TPSA) is 88.1 Å². The molecule has 0 N–H and O–H groups in total. The van der Waals surface area contributed by atoms with Crippen molar-refractivity contribution in [2.24, 2.45) is 0 Å². The minimum atomic E-state index is -0.801. The average Bonchev–Trinajstić information content (AvgIpc) is 2.85. The molecule has 0 atom stereocenters. The molecule has 0 saturated heterocycles. The van der Waals surface area contributed by atoms with Gasteiger partial charge in [0.15, 0.2) is 0 Å². The predicted octanol–water partition coefficient (Wildman–Crippen LogP) is 0.939. The zero-order chi connectivity index (χ0) is 14.9. The first-order valence-electron chi connectivity index (χ1n) is 5.62. The van der Waals surface area contributed by atoms with Crippen LogP contribution in [-0.4, -0.2) is 39.2 Å². The molecule has 0 spiro atoms. The van der Waals surface area contributed by atoms with E-state index in [1.165, 1.54) is 20.3 Å². The van der Waals surface area contributed by atoms with E-state index >= 15 is 0 Å². The zero-order valence-corrected chi connectivity index (χ0v) is 11.1. The molecule has 20 heavy (non-hydrogen) atoms. The van der Waals surface area contributed by atoms with E-state index in [0.29, 0.717) is 5.56 Å². The van der Waals surface area contributed by atoms with Crippen LogP contribution in [0.4, 0.5) is 0 Å². The van der Waals surface area contributed by atoms with Crippen LogP contribution in [0.1, 0.15) is 36.6 Å². The number of carbonyl (C=O) groups excluding carboxylic acids is 3. The van der Waals surface area contributed by atoms with E-state index in [1.807, 2.05) is 0 Å². The standard InChI is InChI=1S/C13H12O7/c1-17-10-8-6(5-20-13(8)16)4-7(11(14)18-2)9(10)12(15)19-3/h4H,5H2,1-3H3. The van der Waals surface area contributed by atoms with Gasteiger partial charge in [-0.15, -0.1) is 0 Å². The van der Waals surface area contributed by atoms with Gasteiger partial charge in [-0.25, -0.2) is 14.4 Å². The van der Waals surface area contributed by atoms with E-state index in [0.717, 1.165) is 7.11 Å². The molecular formula is C13H12O7. The van der Waals surface area contributed by atoms with Gasteiger partial charge < -0.3 is 18.9 Å². The van der Waals surface area contributed by atoms with Crippen LogP contribution in [0.15, 0.2) is 6.07 Å². The first-order chi connectivity index (χ1) is 9.54. The van der Waals surface area contributed by atoms with Crippen molar-refractivity contribution in [3.8, 4) is 5.75 Å². The summed E-state index contributed by atoms with van der Waals surface area (Å²) in [6.45, 7) is 0.00989. The molecule has 7 nitrogen and oxygen atoms in total. The Hall–Kier alpha value is -2.57. The lowest BCUT2D eigenvalue weighted by atomic mass is 9.97. The Kier molecular flexibility index (Phi) is 3.60. The molecule has 1 aliphatic heterocycles. The second-order valence-electron chi connectivity index (χ2n) is 3.93. The highest BCUT2D eigenvalue weighted by Crippen LogP contribution is 2.35. The summed E-state index contributed by atoms with van der Waals surface area (Å²) in [5.74, 6) is -2.19. The van der Waals surface area contributed by atoms with E-state index < -0.39 is 17.9 Å². The Morgan fingerprint density at radius 2 is 1.80 bits per heavy atom. The van der Waals surface area contributed by atoms with Gasteiger partial charge in [0.05, 0.1) is 26.9 Å². The molecule has 0 unspecified atom stereocenters. The summed E-state index contributed by atoms with van der Waals surface area (Å²) >= 11 is 0. The smallest absolute Gasteiger partial charge is 0.342 e. The number of methoxy groups -OCH3 is 3. The minimum absolute atomic E-state index is 0.00989. The molecule has 7 heteroatoms. The fourth-order valence-corrected chi connectivity index (χ4v) is 2.04. The Bertz CT molecular complexity index is 603. The number of cyclic esters (lactones) is 1. The Balaban J connectivity index is 2.79. The van der Waals surface area contributed by atoms with Crippen LogP contribution in [0.3, 0.4) is 0 Å². The second-order valence-corrected chi connectivity index (χ2v) is 3.93. The van der Waals surface area contributed by atoms with Gasteiger partial charge in [-0.2, -0.15) is 0 Å². The lowest BCUT2D eigenvalue weighted by molar-refractivity contribution is 0.0531. The van der Waals surface area contributed by atoms with E-state index in [-0.39, 0.29) is 29.0 Å². The molecule has 0 aromatic heterocycles. The number of esters is 3. The van der Waals surface area contributed by atoms with Crippen molar-refractivity contribution in [2.75, 3.05) is 21.3 Å². The summed E-state index contributed by atoms with van der Waals surface area (Å²) in [6, 6.07) is 1.38. The molecule has 0 fully saturated rings. The number of fused-ring (bicyclic) bond motifs is 1. The van der Waals surface area contributed by atoms with Crippen LogP contribution in [0.5, 0.6) is 5.75 Å². The minimum Gasteiger partial charge on any atom is -0.495 e. The van der Waals surface area contributed by atoms with Gasteiger partial charge in [-0.05, 0) is 6.07 Å². The lowest BCUT2D eigenvalue weighted by Gasteiger charge is -2.13. The molecular weight excluding hydrogens is 268 g/mol. The highest BCUT2D eigenvalue weighted by atomic mass is 16.5. The van der Waals surface area contributed by atoms with Crippen LogP contribution in [0.2, 0.25) is 0 Å². The normalized spacial score (nSPS) is 12.4. The molecule has 2 rings (SSSR count). The van der Waals surface area contributed by atoms with Crippen molar-refractivity contribution in [1.29, 1.82) is 0 Å². The SMILES string of the molecule is COC(=O)c1cc2c(c(OC)c1C(=O)OC)C(=O)OC2. The third-order valence-corrected chi connectivity index (χ3v) is 2.92.